The highest BCUT2D eigenvalue weighted by Gasteiger charge is 2.11. The number of aliphatic hydroxyl groups is 1. The van der Waals surface area contributed by atoms with E-state index in [9.17, 15) is 5.11 Å². The van der Waals surface area contributed by atoms with Gasteiger partial charge in [-0.05, 0) is 25.5 Å². The van der Waals surface area contributed by atoms with Gasteiger partial charge in [-0.1, -0.05) is 32.6 Å². The van der Waals surface area contributed by atoms with Crippen molar-refractivity contribution in [3.05, 3.63) is 24.2 Å². The van der Waals surface area contributed by atoms with Crippen LogP contribution in [-0.4, -0.2) is 17.7 Å². The molecule has 2 N–H and O–H groups in total. The van der Waals surface area contributed by atoms with Crippen molar-refractivity contribution in [2.24, 2.45) is 0 Å². The zero-order chi connectivity index (χ0) is 12.5. The fraction of sp³-hybridized carbons (Fsp3) is 0.714. The van der Waals surface area contributed by atoms with E-state index in [4.69, 9.17) is 4.42 Å². The number of aliphatic hydroxyl groups excluding tert-OH is 1. The molecule has 3 heteroatoms. The van der Waals surface area contributed by atoms with Crippen LogP contribution >= 0.6 is 0 Å². The predicted octanol–water partition coefficient (Wildman–Crippen LogP) is 3.26. The van der Waals surface area contributed by atoms with Gasteiger partial charge in [0.1, 0.15) is 11.9 Å². The first-order chi connectivity index (χ1) is 8.24. The van der Waals surface area contributed by atoms with Gasteiger partial charge in [-0.15, -0.1) is 0 Å². The lowest BCUT2D eigenvalue weighted by Gasteiger charge is -2.15. The quantitative estimate of drug-likeness (QED) is 0.650. The Hall–Kier alpha value is -0.800. The maximum Gasteiger partial charge on any atom is 0.133 e. The van der Waals surface area contributed by atoms with Crippen molar-refractivity contribution in [1.29, 1.82) is 0 Å². The van der Waals surface area contributed by atoms with Crippen molar-refractivity contribution in [2.45, 2.75) is 58.1 Å². The minimum absolute atomic E-state index is 0.455. The second kappa shape index (κ2) is 8.31. The smallest absolute Gasteiger partial charge is 0.133 e. The first-order valence-electron chi connectivity index (χ1n) is 6.69. The van der Waals surface area contributed by atoms with Crippen LogP contribution in [0, 0.1) is 0 Å². The second-order valence-electron chi connectivity index (χ2n) is 4.69. The number of nitrogens with one attached hydrogen (secondary N) is 1. The summed E-state index contributed by atoms with van der Waals surface area (Å²) in [7, 11) is 0. The van der Waals surface area contributed by atoms with Gasteiger partial charge in [0.25, 0.3) is 0 Å². The molecule has 1 aromatic rings. The van der Waals surface area contributed by atoms with E-state index < -0.39 is 6.10 Å². The van der Waals surface area contributed by atoms with E-state index in [-0.39, 0.29) is 0 Å². The van der Waals surface area contributed by atoms with E-state index in [1.165, 1.54) is 32.1 Å². The molecule has 0 fully saturated rings. The largest absolute Gasteiger partial charge is 0.467 e. The summed E-state index contributed by atoms with van der Waals surface area (Å²) in [4.78, 5) is 0. The summed E-state index contributed by atoms with van der Waals surface area (Å²) < 4.78 is 5.15. The molecule has 1 rings (SSSR count). The zero-order valence-corrected chi connectivity index (χ0v) is 11.0. The molecule has 1 heterocycles. The van der Waals surface area contributed by atoms with Gasteiger partial charge in [-0.2, -0.15) is 0 Å². The lowest BCUT2D eigenvalue weighted by atomic mass is 10.1. The summed E-state index contributed by atoms with van der Waals surface area (Å²) in [6.45, 7) is 4.95. The van der Waals surface area contributed by atoms with Gasteiger partial charge in [0.15, 0.2) is 0 Å². The monoisotopic (exact) mass is 239 g/mol. The third-order valence-corrected chi connectivity index (χ3v) is 3.02. The van der Waals surface area contributed by atoms with Gasteiger partial charge in [0.2, 0.25) is 0 Å². The Morgan fingerprint density at radius 2 is 2.18 bits per heavy atom. The van der Waals surface area contributed by atoms with Crippen LogP contribution in [-0.2, 0) is 0 Å². The van der Waals surface area contributed by atoms with Gasteiger partial charge in [0, 0.05) is 12.6 Å². The molecule has 0 aromatic carbocycles. The van der Waals surface area contributed by atoms with Crippen LogP contribution in [0.4, 0.5) is 0 Å². The average molecular weight is 239 g/mol. The SMILES string of the molecule is CCCCCCC(C)NCC(O)c1ccco1. The summed E-state index contributed by atoms with van der Waals surface area (Å²) in [6, 6.07) is 4.06. The number of hydrogen-bond donors (Lipinski definition) is 2. The Morgan fingerprint density at radius 1 is 1.35 bits per heavy atom. The van der Waals surface area contributed by atoms with Crippen LogP contribution in [0.2, 0.25) is 0 Å². The highest BCUT2D eigenvalue weighted by atomic mass is 16.4. The molecule has 2 atom stereocenters. The van der Waals surface area contributed by atoms with Crippen LogP contribution in [0.15, 0.2) is 22.8 Å². The van der Waals surface area contributed by atoms with Gasteiger partial charge in [-0.25, -0.2) is 0 Å². The van der Waals surface area contributed by atoms with Gasteiger partial charge in [-0.3, -0.25) is 0 Å². The average Bonchev–Trinajstić information content (AvgIpc) is 2.85. The maximum absolute atomic E-state index is 9.81. The fourth-order valence-electron chi connectivity index (χ4n) is 1.87. The molecule has 0 amide bonds. The molecule has 0 saturated heterocycles. The molecule has 0 radical (unpaired) electrons. The Bertz CT molecular complexity index is 272. The molecular formula is C14H25NO2. The molecule has 0 saturated carbocycles. The molecule has 1 aromatic heterocycles. The summed E-state index contributed by atoms with van der Waals surface area (Å²) in [6.07, 6.45) is 7.39. The molecule has 0 aliphatic heterocycles. The lowest BCUT2D eigenvalue weighted by molar-refractivity contribution is 0.143. The van der Waals surface area contributed by atoms with Crippen LogP contribution in [0.5, 0.6) is 0 Å². The summed E-state index contributed by atoms with van der Waals surface area (Å²) in [5, 5.41) is 13.1. The van der Waals surface area contributed by atoms with Gasteiger partial charge < -0.3 is 14.8 Å². The van der Waals surface area contributed by atoms with Crippen LogP contribution in [0.1, 0.15) is 57.8 Å². The standard InChI is InChI=1S/C14H25NO2/c1-3-4-5-6-8-12(2)15-11-13(16)14-9-7-10-17-14/h7,9-10,12-13,15-16H,3-6,8,11H2,1-2H3. The van der Waals surface area contributed by atoms with Crippen molar-refractivity contribution < 1.29 is 9.52 Å². The van der Waals surface area contributed by atoms with Gasteiger partial charge in [0.05, 0.1) is 6.26 Å². The highest BCUT2D eigenvalue weighted by Crippen LogP contribution is 2.12. The molecule has 0 aliphatic rings. The van der Waals surface area contributed by atoms with E-state index in [0.717, 1.165) is 0 Å². The van der Waals surface area contributed by atoms with E-state index in [1.807, 2.05) is 0 Å². The zero-order valence-electron chi connectivity index (χ0n) is 11.0. The Morgan fingerprint density at radius 3 is 2.82 bits per heavy atom. The molecule has 0 spiro atoms. The summed E-state index contributed by atoms with van der Waals surface area (Å²) >= 11 is 0. The third kappa shape index (κ3) is 5.89. The van der Waals surface area contributed by atoms with E-state index in [2.05, 4.69) is 19.2 Å². The first kappa shape index (κ1) is 14.3. The minimum atomic E-state index is -0.539. The number of rotatable bonds is 9. The van der Waals surface area contributed by atoms with Crippen LogP contribution in [0.3, 0.4) is 0 Å². The molecule has 3 nitrogen and oxygen atoms in total. The molecule has 98 valence electrons. The van der Waals surface area contributed by atoms with E-state index in [0.29, 0.717) is 18.3 Å². The Labute approximate surface area is 104 Å². The first-order valence-corrected chi connectivity index (χ1v) is 6.69. The molecular weight excluding hydrogens is 214 g/mol. The predicted molar refractivity (Wildman–Crippen MR) is 69.9 cm³/mol. The van der Waals surface area contributed by atoms with Crippen molar-refractivity contribution in [3.8, 4) is 0 Å². The topological polar surface area (TPSA) is 45.4 Å². The number of hydrogen-bond acceptors (Lipinski definition) is 3. The fourth-order valence-corrected chi connectivity index (χ4v) is 1.87. The second-order valence-corrected chi connectivity index (χ2v) is 4.69. The molecule has 2 unspecified atom stereocenters. The van der Waals surface area contributed by atoms with Crippen molar-refractivity contribution >= 4 is 0 Å². The third-order valence-electron chi connectivity index (χ3n) is 3.02. The minimum Gasteiger partial charge on any atom is -0.467 e. The molecule has 0 bridgehead atoms. The summed E-state index contributed by atoms with van der Waals surface area (Å²) in [5.74, 6) is 0.635. The Kier molecular flexibility index (Phi) is 6.97. The molecule has 0 aliphatic carbocycles. The Balaban J connectivity index is 2.09. The van der Waals surface area contributed by atoms with E-state index >= 15 is 0 Å². The van der Waals surface area contributed by atoms with Crippen molar-refractivity contribution in [1.82, 2.24) is 5.32 Å². The number of unbranched alkanes of at least 4 members (excludes halogenated alkanes) is 3. The normalized spacial score (nSPS) is 14.8. The van der Waals surface area contributed by atoms with Crippen molar-refractivity contribution in [2.75, 3.05) is 6.54 Å². The van der Waals surface area contributed by atoms with Crippen LogP contribution < -0.4 is 5.32 Å². The molecule has 17 heavy (non-hydrogen) atoms. The van der Waals surface area contributed by atoms with Crippen molar-refractivity contribution in [3.63, 3.8) is 0 Å². The highest BCUT2D eigenvalue weighted by molar-refractivity contribution is 5.02. The summed E-state index contributed by atoms with van der Waals surface area (Å²) in [5.41, 5.74) is 0. The number of furan rings is 1. The van der Waals surface area contributed by atoms with Gasteiger partial charge >= 0.3 is 0 Å². The lowest BCUT2D eigenvalue weighted by Crippen LogP contribution is -2.30. The van der Waals surface area contributed by atoms with Crippen LogP contribution in [0.25, 0.3) is 0 Å². The van der Waals surface area contributed by atoms with E-state index in [1.54, 1.807) is 18.4 Å². The maximum atomic E-state index is 9.81.